The largest absolute Gasteiger partial charge is 0.508 e. The van der Waals surface area contributed by atoms with E-state index < -0.39 is 10.8 Å². The number of para-hydroxylation sites is 1. The minimum absolute atomic E-state index is 0.0731. The number of carbonyl (C=O) groups excluding carboxylic acids is 1. The van der Waals surface area contributed by atoms with Crippen molar-refractivity contribution in [2.24, 2.45) is 5.10 Å². The van der Waals surface area contributed by atoms with Gasteiger partial charge in [-0.3, -0.25) is 14.9 Å². The summed E-state index contributed by atoms with van der Waals surface area (Å²) in [5.41, 5.74) is 2.43. The van der Waals surface area contributed by atoms with Crippen LogP contribution < -0.4 is 5.43 Å². The van der Waals surface area contributed by atoms with E-state index in [-0.39, 0.29) is 17.0 Å². The van der Waals surface area contributed by atoms with Gasteiger partial charge in [0.2, 0.25) is 0 Å². The van der Waals surface area contributed by atoms with Crippen LogP contribution in [0.3, 0.4) is 0 Å². The summed E-state index contributed by atoms with van der Waals surface area (Å²) >= 11 is 0. The summed E-state index contributed by atoms with van der Waals surface area (Å²) in [6, 6.07) is 11.9. The number of nitrogens with zero attached hydrogens (tertiary/aromatic N) is 2. The van der Waals surface area contributed by atoms with E-state index in [1.54, 1.807) is 12.1 Å². The average molecular weight is 285 g/mol. The van der Waals surface area contributed by atoms with Gasteiger partial charge < -0.3 is 5.11 Å². The number of hydrogen-bond acceptors (Lipinski definition) is 5. The number of rotatable bonds is 4. The molecule has 2 aromatic rings. The Morgan fingerprint density at radius 1 is 1.24 bits per heavy atom. The maximum atomic E-state index is 11.8. The second-order valence-electron chi connectivity index (χ2n) is 4.07. The van der Waals surface area contributed by atoms with E-state index >= 15 is 0 Å². The van der Waals surface area contributed by atoms with Crippen LogP contribution in [0.2, 0.25) is 0 Å². The van der Waals surface area contributed by atoms with Crippen LogP contribution >= 0.6 is 0 Å². The lowest BCUT2D eigenvalue weighted by Gasteiger charge is -2.01. The van der Waals surface area contributed by atoms with Gasteiger partial charge in [0.25, 0.3) is 11.6 Å². The molecule has 0 aliphatic heterocycles. The Bertz CT molecular complexity index is 713. The van der Waals surface area contributed by atoms with Crippen molar-refractivity contribution in [1.82, 2.24) is 5.43 Å². The summed E-state index contributed by atoms with van der Waals surface area (Å²) in [6.07, 6.45) is 1.33. The highest BCUT2D eigenvalue weighted by Gasteiger charge is 2.18. The van der Waals surface area contributed by atoms with E-state index in [2.05, 4.69) is 10.5 Å². The van der Waals surface area contributed by atoms with Crippen LogP contribution in [0.25, 0.3) is 0 Å². The first-order chi connectivity index (χ1) is 10.1. The molecule has 0 saturated carbocycles. The van der Waals surface area contributed by atoms with Gasteiger partial charge in [0.1, 0.15) is 11.3 Å². The number of nitro groups is 1. The zero-order valence-electron chi connectivity index (χ0n) is 10.8. The zero-order chi connectivity index (χ0) is 15.2. The van der Waals surface area contributed by atoms with Crippen molar-refractivity contribution in [3.05, 3.63) is 69.8 Å². The predicted molar refractivity (Wildman–Crippen MR) is 76.3 cm³/mol. The smallest absolute Gasteiger partial charge is 0.282 e. The minimum Gasteiger partial charge on any atom is -0.508 e. The first-order valence-corrected chi connectivity index (χ1v) is 5.94. The first-order valence-electron chi connectivity index (χ1n) is 5.94. The average Bonchev–Trinajstić information content (AvgIpc) is 2.47. The standard InChI is InChI=1S/C14H11N3O4/c18-11-5-3-4-10(8-11)9-15-16-14(19)12-6-1-2-7-13(12)17(20)21/h1-9,18H,(H,16,19)/b15-9+. The molecular weight excluding hydrogens is 274 g/mol. The third kappa shape index (κ3) is 3.63. The van der Waals surface area contributed by atoms with Crippen molar-refractivity contribution in [3.8, 4) is 5.75 Å². The topological polar surface area (TPSA) is 105 Å². The molecule has 1 amide bonds. The quantitative estimate of drug-likeness (QED) is 0.509. The van der Waals surface area contributed by atoms with Crippen LogP contribution in [-0.4, -0.2) is 22.2 Å². The minimum atomic E-state index is -0.682. The molecule has 0 saturated heterocycles. The predicted octanol–water partition coefficient (Wildman–Crippen LogP) is 2.06. The van der Waals surface area contributed by atoms with Crippen LogP contribution in [-0.2, 0) is 0 Å². The molecule has 0 radical (unpaired) electrons. The molecule has 0 bridgehead atoms. The van der Waals surface area contributed by atoms with Gasteiger partial charge in [0, 0.05) is 6.07 Å². The SMILES string of the molecule is O=C(N/N=C/c1cccc(O)c1)c1ccccc1[N+](=O)[O-]. The molecule has 0 heterocycles. The molecule has 2 N–H and O–H groups in total. The third-order valence-electron chi connectivity index (χ3n) is 2.60. The van der Waals surface area contributed by atoms with E-state index in [1.165, 1.54) is 42.6 Å². The fourth-order valence-electron chi connectivity index (χ4n) is 1.66. The number of phenols is 1. The molecular formula is C14H11N3O4. The van der Waals surface area contributed by atoms with Gasteiger partial charge in [-0.25, -0.2) is 5.43 Å². The summed E-state index contributed by atoms with van der Waals surface area (Å²) in [5.74, 6) is -0.609. The Kier molecular flexibility index (Phi) is 4.25. The van der Waals surface area contributed by atoms with Gasteiger partial charge in [-0.15, -0.1) is 0 Å². The summed E-state index contributed by atoms with van der Waals surface area (Å²) < 4.78 is 0. The lowest BCUT2D eigenvalue weighted by atomic mass is 10.2. The fourth-order valence-corrected chi connectivity index (χ4v) is 1.66. The molecule has 0 aromatic heterocycles. The summed E-state index contributed by atoms with van der Waals surface area (Å²) in [5, 5.41) is 23.8. The van der Waals surface area contributed by atoms with E-state index in [4.69, 9.17) is 0 Å². The van der Waals surface area contributed by atoms with Gasteiger partial charge in [0.15, 0.2) is 0 Å². The summed E-state index contributed by atoms with van der Waals surface area (Å²) in [4.78, 5) is 22.0. The number of aromatic hydroxyl groups is 1. The van der Waals surface area contributed by atoms with E-state index in [0.717, 1.165) is 0 Å². The van der Waals surface area contributed by atoms with Crippen molar-refractivity contribution in [2.45, 2.75) is 0 Å². The molecule has 0 atom stereocenters. The Morgan fingerprint density at radius 3 is 2.71 bits per heavy atom. The highest BCUT2D eigenvalue weighted by Crippen LogP contribution is 2.17. The summed E-state index contributed by atoms with van der Waals surface area (Å²) in [7, 11) is 0. The maximum Gasteiger partial charge on any atom is 0.282 e. The Labute approximate surface area is 119 Å². The normalized spacial score (nSPS) is 10.5. The lowest BCUT2D eigenvalue weighted by molar-refractivity contribution is -0.385. The van der Waals surface area contributed by atoms with Gasteiger partial charge in [-0.05, 0) is 23.8 Å². The second kappa shape index (κ2) is 6.29. The number of hydrogen-bond donors (Lipinski definition) is 2. The van der Waals surface area contributed by atoms with Crippen LogP contribution in [0, 0.1) is 10.1 Å². The van der Waals surface area contributed by atoms with Crippen LogP contribution in [0.1, 0.15) is 15.9 Å². The van der Waals surface area contributed by atoms with Crippen LogP contribution in [0.4, 0.5) is 5.69 Å². The van der Waals surface area contributed by atoms with E-state index in [0.29, 0.717) is 5.56 Å². The molecule has 7 nitrogen and oxygen atoms in total. The van der Waals surface area contributed by atoms with Gasteiger partial charge in [-0.1, -0.05) is 24.3 Å². The number of amides is 1. The molecule has 7 heteroatoms. The fraction of sp³-hybridized carbons (Fsp3) is 0. The zero-order valence-corrected chi connectivity index (χ0v) is 10.8. The van der Waals surface area contributed by atoms with Gasteiger partial charge in [-0.2, -0.15) is 5.10 Å². The number of benzene rings is 2. The van der Waals surface area contributed by atoms with Gasteiger partial charge in [0.05, 0.1) is 11.1 Å². The molecule has 2 aromatic carbocycles. The highest BCUT2D eigenvalue weighted by atomic mass is 16.6. The second-order valence-corrected chi connectivity index (χ2v) is 4.07. The molecule has 2 rings (SSSR count). The van der Waals surface area contributed by atoms with Crippen LogP contribution in [0.15, 0.2) is 53.6 Å². The van der Waals surface area contributed by atoms with Crippen molar-refractivity contribution in [1.29, 1.82) is 0 Å². The Hall–Kier alpha value is -3.22. The molecule has 106 valence electrons. The summed E-state index contributed by atoms with van der Waals surface area (Å²) in [6.45, 7) is 0. The van der Waals surface area contributed by atoms with Gasteiger partial charge >= 0.3 is 0 Å². The first kappa shape index (κ1) is 14.2. The van der Waals surface area contributed by atoms with Crippen LogP contribution in [0.5, 0.6) is 5.75 Å². The number of nitrogens with one attached hydrogen (secondary N) is 1. The molecule has 0 aliphatic carbocycles. The third-order valence-corrected chi connectivity index (χ3v) is 2.60. The number of phenolic OH excluding ortho intramolecular Hbond substituents is 1. The molecule has 0 spiro atoms. The Balaban J connectivity index is 2.11. The highest BCUT2D eigenvalue weighted by molar-refractivity contribution is 5.98. The van der Waals surface area contributed by atoms with Crippen molar-refractivity contribution < 1.29 is 14.8 Å². The number of carbonyl (C=O) groups is 1. The number of nitro benzene ring substituents is 1. The van der Waals surface area contributed by atoms with Crippen molar-refractivity contribution >= 4 is 17.8 Å². The molecule has 0 fully saturated rings. The van der Waals surface area contributed by atoms with Crippen molar-refractivity contribution in [3.63, 3.8) is 0 Å². The van der Waals surface area contributed by atoms with E-state index in [1.807, 2.05) is 0 Å². The van der Waals surface area contributed by atoms with E-state index in [9.17, 15) is 20.0 Å². The molecule has 0 aliphatic rings. The monoisotopic (exact) mass is 285 g/mol. The maximum absolute atomic E-state index is 11.8. The van der Waals surface area contributed by atoms with Crippen molar-refractivity contribution in [2.75, 3.05) is 0 Å². The lowest BCUT2D eigenvalue weighted by Crippen LogP contribution is -2.18. The number of hydrazone groups is 1. The molecule has 0 unspecified atom stereocenters. The molecule has 21 heavy (non-hydrogen) atoms. The Morgan fingerprint density at radius 2 is 2.00 bits per heavy atom.